The molecule has 0 bridgehead atoms. The number of rotatable bonds is 3. The van der Waals surface area contributed by atoms with Gasteiger partial charge in [0, 0.05) is 16.1 Å². The number of ether oxygens (including phenoxy) is 1. The highest BCUT2D eigenvalue weighted by Crippen LogP contribution is 2.28. The average molecular weight is 357 g/mol. The molecule has 1 heterocycles. The molecule has 4 heteroatoms. The number of benzene rings is 2. The molecule has 0 saturated heterocycles. The largest absolute Gasteiger partial charge is 0.497 e. The van der Waals surface area contributed by atoms with Crippen molar-refractivity contribution in [3.8, 4) is 5.75 Å². The normalized spacial score (nSPS) is 10.9. The van der Waals surface area contributed by atoms with Crippen LogP contribution in [0.3, 0.4) is 0 Å². The number of fused-ring (bicyclic) bond motifs is 1. The standard InChI is InChI=1S/C18H15BrNO2/c1-3-12-11-20(17-9-8-13(22-2)10-15(12)17)18(21)14-6-4-5-7-16(14)19/h4-11H,1,3H2,2H3. The molecule has 111 valence electrons. The van der Waals surface area contributed by atoms with E-state index in [0.717, 1.165) is 26.7 Å². The summed E-state index contributed by atoms with van der Waals surface area (Å²) in [5, 5.41) is 0.995. The summed E-state index contributed by atoms with van der Waals surface area (Å²) in [6.07, 6.45) is 2.47. The molecule has 0 unspecified atom stereocenters. The summed E-state index contributed by atoms with van der Waals surface area (Å²) in [4.78, 5) is 12.8. The molecule has 0 N–H and O–H groups in total. The van der Waals surface area contributed by atoms with Crippen LogP contribution in [0.4, 0.5) is 0 Å². The number of aromatic nitrogens is 1. The van der Waals surface area contributed by atoms with Gasteiger partial charge in [-0.25, -0.2) is 0 Å². The number of carbonyl (C=O) groups excluding carboxylic acids is 1. The van der Waals surface area contributed by atoms with Gasteiger partial charge in [0.05, 0.1) is 18.2 Å². The molecule has 3 aromatic rings. The first-order valence-electron chi connectivity index (χ1n) is 6.92. The number of hydrogen-bond acceptors (Lipinski definition) is 2. The molecule has 1 aromatic heterocycles. The van der Waals surface area contributed by atoms with Gasteiger partial charge < -0.3 is 4.74 Å². The van der Waals surface area contributed by atoms with Crippen molar-refractivity contribution in [3.05, 3.63) is 71.2 Å². The lowest BCUT2D eigenvalue weighted by Gasteiger charge is -2.06. The van der Waals surface area contributed by atoms with Crippen molar-refractivity contribution in [1.29, 1.82) is 0 Å². The molecule has 0 fully saturated rings. The van der Waals surface area contributed by atoms with Crippen molar-refractivity contribution in [1.82, 2.24) is 4.57 Å². The summed E-state index contributed by atoms with van der Waals surface area (Å²) in [5.41, 5.74) is 2.51. The van der Waals surface area contributed by atoms with E-state index in [9.17, 15) is 4.79 Å². The van der Waals surface area contributed by atoms with Gasteiger partial charge in [-0.05, 0) is 65.2 Å². The Kier molecular flexibility index (Phi) is 4.03. The van der Waals surface area contributed by atoms with Crippen LogP contribution in [-0.2, 0) is 6.42 Å². The van der Waals surface area contributed by atoms with Crippen molar-refractivity contribution in [3.63, 3.8) is 0 Å². The van der Waals surface area contributed by atoms with E-state index in [0.29, 0.717) is 12.0 Å². The van der Waals surface area contributed by atoms with Crippen LogP contribution in [-0.4, -0.2) is 17.6 Å². The number of carbonyl (C=O) groups is 1. The third-order valence-corrected chi connectivity index (χ3v) is 4.38. The molecular formula is C18H15BrNO2. The fourth-order valence-corrected chi connectivity index (χ4v) is 2.99. The smallest absolute Gasteiger partial charge is 0.263 e. The van der Waals surface area contributed by atoms with E-state index in [1.807, 2.05) is 48.7 Å². The van der Waals surface area contributed by atoms with Crippen LogP contribution in [0.15, 0.2) is 53.1 Å². The van der Waals surface area contributed by atoms with Crippen LogP contribution < -0.4 is 4.74 Å². The highest BCUT2D eigenvalue weighted by molar-refractivity contribution is 9.10. The Morgan fingerprint density at radius 3 is 2.73 bits per heavy atom. The minimum atomic E-state index is -0.0673. The Bertz CT molecular complexity index is 851. The Labute approximate surface area is 137 Å². The molecule has 0 aliphatic rings. The summed E-state index contributed by atoms with van der Waals surface area (Å²) in [5.74, 6) is 0.704. The molecule has 1 radical (unpaired) electrons. The molecule has 0 atom stereocenters. The lowest BCUT2D eigenvalue weighted by molar-refractivity contribution is 0.0964. The zero-order valence-electron chi connectivity index (χ0n) is 12.2. The van der Waals surface area contributed by atoms with Gasteiger partial charge in [-0.2, -0.15) is 0 Å². The van der Waals surface area contributed by atoms with Crippen LogP contribution in [0.25, 0.3) is 10.9 Å². The number of hydrogen-bond donors (Lipinski definition) is 0. The van der Waals surface area contributed by atoms with Crippen LogP contribution in [0.2, 0.25) is 0 Å². The molecule has 3 rings (SSSR count). The predicted octanol–water partition coefficient (Wildman–Crippen LogP) is 4.48. The summed E-state index contributed by atoms with van der Waals surface area (Å²) >= 11 is 3.44. The third kappa shape index (κ3) is 2.44. The van der Waals surface area contributed by atoms with E-state index in [1.165, 1.54) is 0 Å². The van der Waals surface area contributed by atoms with E-state index in [4.69, 9.17) is 4.74 Å². The predicted molar refractivity (Wildman–Crippen MR) is 91.4 cm³/mol. The zero-order chi connectivity index (χ0) is 15.7. The van der Waals surface area contributed by atoms with Gasteiger partial charge >= 0.3 is 0 Å². The van der Waals surface area contributed by atoms with Crippen molar-refractivity contribution in [2.45, 2.75) is 6.42 Å². The van der Waals surface area contributed by atoms with Crippen LogP contribution >= 0.6 is 15.9 Å². The van der Waals surface area contributed by atoms with Crippen molar-refractivity contribution >= 4 is 32.7 Å². The first-order valence-corrected chi connectivity index (χ1v) is 7.71. The lowest BCUT2D eigenvalue weighted by atomic mass is 10.1. The molecule has 2 aromatic carbocycles. The van der Waals surface area contributed by atoms with Crippen molar-refractivity contribution in [2.75, 3.05) is 7.11 Å². The quantitative estimate of drug-likeness (QED) is 0.692. The monoisotopic (exact) mass is 356 g/mol. The second-order valence-corrected chi connectivity index (χ2v) is 5.80. The summed E-state index contributed by atoms with van der Waals surface area (Å²) in [6, 6.07) is 13.1. The van der Waals surface area contributed by atoms with Gasteiger partial charge in [-0.1, -0.05) is 12.1 Å². The molecular weight excluding hydrogens is 342 g/mol. The fourth-order valence-electron chi connectivity index (χ4n) is 2.54. The lowest BCUT2D eigenvalue weighted by Crippen LogP contribution is -2.11. The molecule has 0 amide bonds. The number of nitrogens with zero attached hydrogens (tertiary/aromatic N) is 1. The topological polar surface area (TPSA) is 31.2 Å². The van der Waals surface area contributed by atoms with Crippen LogP contribution in [0.5, 0.6) is 5.75 Å². The molecule has 0 spiro atoms. The Balaban J connectivity index is 2.19. The van der Waals surface area contributed by atoms with Gasteiger partial charge in [0.15, 0.2) is 0 Å². The highest BCUT2D eigenvalue weighted by Gasteiger charge is 2.16. The van der Waals surface area contributed by atoms with E-state index >= 15 is 0 Å². The molecule has 3 nitrogen and oxygen atoms in total. The maximum absolute atomic E-state index is 12.8. The first kappa shape index (κ1) is 14.9. The SMILES string of the molecule is [CH2]Cc1cn(C(=O)c2ccccc2Br)c2ccc(OC)cc12. The molecule has 0 aliphatic carbocycles. The van der Waals surface area contributed by atoms with Gasteiger partial charge in [0.25, 0.3) is 5.91 Å². The van der Waals surface area contributed by atoms with Gasteiger partial charge in [-0.3, -0.25) is 9.36 Å². The minimum Gasteiger partial charge on any atom is -0.497 e. The first-order chi connectivity index (χ1) is 10.7. The van der Waals surface area contributed by atoms with E-state index < -0.39 is 0 Å². The van der Waals surface area contributed by atoms with Gasteiger partial charge in [0.1, 0.15) is 5.75 Å². The maximum atomic E-state index is 12.8. The van der Waals surface area contributed by atoms with E-state index in [-0.39, 0.29) is 5.91 Å². The Morgan fingerprint density at radius 2 is 2.05 bits per heavy atom. The Morgan fingerprint density at radius 1 is 1.27 bits per heavy atom. The number of methoxy groups -OCH3 is 1. The minimum absolute atomic E-state index is 0.0673. The zero-order valence-corrected chi connectivity index (χ0v) is 13.8. The fraction of sp³-hybridized carbons (Fsp3) is 0.111. The Hall–Kier alpha value is -2.07. The summed E-state index contributed by atoms with van der Waals surface area (Å²) in [6.45, 7) is 3.95. The number of halogens is 1. The van der Waals surface area contributed by atoms with Crippen LogP contribution in [0, 0.1) is 6.92 Å². The van der Waals surface area contributed by atoms with E-state index in [2.05, 4.69) is 22.9 Å². The molecule has 0 saturated carbocycles. The summed E-state index contributed by atoms with van der Waals surface area (Å²) < 4.78 is 7.73. The van der Waals surface area contributed by atoms with Gasteiger partial charge in [-0.15, -0.1) is 0 Å². The molecule has 22 heavy (non-hydrogen) atoms. The second kappa shape index (κ2) is 5.97. The molecule has 0 aliphatic heterocycles. The van der Waals surface area contributed by atoms with Gasteiger partial charge in [0.2, 0.25) is 0 Å². The van der Waals surface area contributed by atoms with Crippen LogP contribution in [0.1, 0.15) is 15.9 Å². The highest BCUT2D eigenvalue weighted by atomic mass is 79.9. The maximum Gasteiger partial charge on any atom is 0.263 e. The average Bonchev–Trinajstić information content (AvgIpc) is 2.92. The van der Waals surface area contributed by atoms with E-state index in [1.54, 1.807) is 11.7 Å². The third-order valence-electron chi connectivity index (χ3n) is 3.69. The van der Waals surface area contributed by atoms with Crippen molar-refractivity contribution < 1.29 is 9.53 Å². The van der Waals surface area contributed by atoms with Crippen molar-refractivity contribution in [2.24, 2.45) is 0 Å². The second-order valence-electron chi connectivity index (χ2n) is 4.94. The summed E-state index contributed by atoms with van der Waals surface area (Å²) in [7, 11) is 1.63.